The Morgan fingerprint density at radius 2 is 1.92 bits per heavy atom. The smallest absolute Gasteiger partial charge is 0.254 e. The van der Waals surface area contributed by atoms with Crippen LogP contribution in [0, 0.1) is 5.92 Å². The van der Waals surface area contributed by atoms with Crippen LogP contribution in [0.5, 0.6) is 0 Å². The molecule has 0 aliphatic heterocycles. The van der Waals surface area contributed by atoms with E-state index in [1.54, 1.807) is 13.0 Å². The Kier molecular flexibility index (Phi) is 6.08. The van der Waals surface area contributed by atoms with Gasteiger partial charge in [0.1, 0.15) is 5.92 Å². The number of aromatic nitrogens is 1. The third kappa shape index (κ3) is 4.24. The van der Waals surface area contributed by atoms with Crippen LogP contribution < -0.4 is 5.48 Å². The zero-order valence-corrected chi connectivity index (χ0v) is 17.6. The van der Waals surface area contributed by atoms with Crippen LogP contribution >= 0.6 is 0 Å². The number of benzene rings is 1. The second kappa shape index (κ2) is 7.76. The first-order valence-corrected chi connectivity index (χ1v) is 12.3. The standard InChI is InChI=1S/C20H30N2O3Si/c1-7-25-22-19(24)16(13-26(5,6)20(2,3)4)18(23)15-9-8-10-17-14(15)11-12-21-17/h8-12,16,21H,7,13H2,1-6H3,(H,22,24)/t16-/m0/s1. The van der Waals surface area contributed by atoms with E-state index < -0.39 is 14.0 Å². The van der Waals surface area contributed by atoms with E-state index in [-0.39, 0.29) is 16.7 Å². The molecule has 0 radical (unpaired) electrons. The number of aromatic amines is 1. The molecule has 0 aliphatic carbocycles. The molecular formula is C20H30N2O3Si. The predicted octanol–water partition coefficient (Wildman–Crippen LogP) is 4.54. The summed E-state index contributed by atoms with van der Waals surface area (Å²) < 4.78 is 0. The van der Waals surface area contributed by atoms with Crippen LogP contribution in [-0.2, 0) is 9.63 Å². The van der Waals surface area contributed by atoms with E-state index in [4.69, 9.17) is 4.84 Å². The highest BCUT2D eigenvalue weighted by atomic mass is 28.3. The van der Waals surface area contributed by atoms with Crippen LogP contribution in [0.1, 0.15) is 38.1 Å². The summed E-state index contributed by atoms with van der Waals surface area (Å²) in [7, 11) is -1.86. The zero-order chi connectivity index (χ0) is 19.5. The van der Waals surface area contributed by atoms with Gasteiger partial charge in [-0.15, -0.1) is 0 Å². The molecule has 1 amide bonds. The molecular weight excluding hydrogens is 344 g/mol. The van der Waals surface area contributed by atoms with Gasteiger partial charge in [0.25, 0.3) is 5.91 Å². The summed E-state index contributed by atoms with van der Waals surface area (Å²) in [5.74, 6) is -1.24. The Bertz CT molecular complexity index is 790. The van der Waals surface area contributed by atoms with E-state index in [9.17, 15) is 9.59 Å². The number of H-pyrrole nitrogens is 1. The normalized spacial score (nSPS) is 13.6. The van der Waals surface area contributed by atoms with Crippen LogP contribution in [0.3, 0.4) is 0 Å². The molecule has 5 nitrogen and oxygen atoms in total. The number of rotatable bonds is 7. The Morgan fingerprint density at radius 1 is 1.23 bits per heavy atom. The molecule has 1 heterocycles. The molecule has 6 heteroatoms. The number of amides is 1. The van der Waals surface area contributed by atoms with Crippen molar-refractivity contribution >= 4 is 30.7 Å². The lowest BCUT2D eigenvalue weighted by Gasteiger charge is -2.38. The van der Waals surface area contributed by atoms with Crippen LogP contribution in [0.4, 0.5) is 0 Å². The minimum absolute atomic E-state index is 0.0809. The Hall–Kier alpha value is -1.92. The molecule has 0 saturated carbocycles. The highest BCUT2D eigenvalue weighted by Gasteiger charge is 2.41. The molecule has 1 aromatic heterocycles. The summed E-state index contributed by atoms with van der Waals surface area (Å²) >= 11 is 0. The largest absolute Gasteiger partial charge is 0.361 e. The number of carbonyl (C=O) groups is 2. The minimum Gasteiger partial charge on any atom is -0.361 e. The second-order valence-electron chi connectivity index (χ2n) is 8.40. The van der Waals surface area contributed by atoms with Crippen molar-refractivity contribution in [1.29, 1.82) is 0 Å². The van der Waals surface area contributed by atoms with Gasteiger partial charge in [0, 0.05) is 22.7 Å². The number of hydrogen-bond donors (Lipinski definition) is 2. The van der Waals surface area contributed by atoms with E-state index in [0.717, 1.165) is 10.9 Å². The molecule has 2 rings (SSSR count). The topological polar surface area (TPSA) is 71.2 Å². The number of hydrogen-bond acceptors (Lipinski definition) is 3. The van der Waals surface area contributed by atoms with Gasteiger partial charge in [-0.3, -0.25) is 14.4 Å². The third-order valence-electron chi connectivity index (χ3n) is 5.56. The van der Waals surface area contributed by atoms with E-state index >= 15 is 0 Å². The lowest BCUT2D eigenvalue weighted by Crippen LogP contribution is -2.45. The molecule has 0 fully saturated rings. The molecule has 0 saturated heterocycles. The van der Waals surface area contributed by atoms with Gasteiger partial charge in [0.2, 0.25) is 0 Å². The fourth-order valence-electron chi connectivity index (χ4n) is 2.82. The zero-order valence-electron chi connectivity index (χ0n) is 16.6. The summed E-state index contributed by atoms with van der Waals surface area (Å²) in [6.45, 7) is 13.2. The van der Waals surface area contributed by atoms with E-state index in [1.807, 2.05) is 24.4 Å². The second-order valence-corrected chi connectivity index (χ2v) is 14.1. The molecule has 0 spiro atoms. The van der Waals surface area contributed by atoms with Gasteiger partial charge in [-0.2, -0.15) is 0 Å². The van der Waals surface area contributed by atoms with Gasteiger partial charge in [0.15, 0.2) is 5.78 Å². The summed E-state index contributed by atoms with van der Waals surface area (Å²) in [6.07, 6.45) is 1.81. The molecule has 0 aliphatic rings. The average Bonchev–Trinajstić information content (AvgIpc) is 3.04. The molecule has 2 N–H and O–H groups in total. The van der Waals surface area contributed by atoms with Gasteiger partial charge < -0.3 is 4.98 Å². The first kappa shape index (κ1) is 20.4. The van der Waals surface area contributed by atoms with Crippen LogP contribution in [-0.4, -0.2) is 31.4 Å². The minimum atomic E-state index is -1.86. The van der Waals surface area contributed by atoms with Crippen molar-refractivity contribution in [2.24, 2.45) is 5.92 Å². The maximum absolute atomic E-state index is 13.4. The Balaban J connectivity index is 2.41. The SMILES string of the molecule is CCONC(=O)[C@@H](C[Si](C)(C)C(C)(C)C)C(=O)c1cccc2[nH]ccc12. The van der Waals surface area contributed by atoms with Crippen molar-refractivity contribution in [3.63, 3.8) is 0 Å². The summed E-state index contributed by atoms with van der Waals surface area (Å²) in [5.41, 5.74) is 3.93. The number of nitrogens with one attached hydrogen (secondary N) is 2. The highest BCUT2D eigenvalue weighted by molar-refractivity contribution is 6.80. The first-order valence-electron chi connectivity index (χ1n) is 9.10. The molecule has 26 heavy (non-hydrogen) atoms. The maximum Gasteiger partial charge on any atom is 0.254 e. The molecule has 1 aromatic carbocycles. The molecule has 1 atom stereocenters. The monoisotopic (exact) mass is 374 g/mol. The Morgan fingerprint density at radius 3 is 2.54 bits per heavy atom. The lowest BCUT2D eigenvalue weighted by atomic mass is 9.96. The predicted molar refractivity (Wildman–Crippen MR) is 108 cm³/mol. The van der Waals surface area contributed by atoms with Crippen molar-refractivity contribution in [2.75, 3.05) is 6.61 Å². The van der Waals surface area contributed by atoms with E-state index in [0.29, 0.717) is 18.2 Å². The van der Waals surface area contributed by atoms with Gasteiger partial charge >= 0.3 is 0 Å². The van der Waals surface area contributed by atoms with Crippen molar-refractivity contribution in [3.8, 4) is 0 Å². The van der Waals surface area contributed by atoms with Gasteiger partial charge in [-0.25, -0.2) is 5.48 Å². The van der Waals surface area contributed by atoms with Crippen LogP contribution in [0.2, 0.25) is 24.2 Å². The summed E-state index contributed by atoms with van der Waals surface area (Å²) in [6, 6.07) is 8.03. The fourth-order valence-corrected chi connectivity index (χ4v) is 4.83. The molecule has 0 bridgehead atoms. The van der Waals surface area contributed by atoms with E-state index in [2.05, 4.69) is 44.3 Å². The summed E-state index contributed by atoms with van der Waals surface area (Å²) in [5, 5.41) is 0.930. The first-order chi connectivity index (χ1) is 12.1. The number of Topliss-reactive ketones (excluding diaryl/α,β-unsaturated/α-hetero) is 1. The van der Waals surface area contributed by atoms with Crippen molar-refractivity contribution in [1.82, 2.24) is 10.5 Å². The molecule has 142 valence electrons. The van der Waals surface area contributed by atoms with Crippen LogP contribution in [0.15, 0.2) is 30.5 Å². The number of carbonyl (C=O) groups excluding carboxylic acids is 2. The van der Waals surface area contributed by atoms with Crippen molar-refractivity contribution in [2.45, 2.75) is 51.9 Å². The maximum atomic E-state index is 13.4. The quantitative estimate of drug-likeness (QED) is 0.323. The summed E-state index contributed by atoms with van der Waals surface area (Å²) in [4.78, 5) is 34.3. The van der Waals surface area contributed by atoms with Gasteiger partial charge in [-0.05, 0) is 30.1 Å². The van der Waals surface area contributed by atoms with E-state index in [1.165, 1.54) is 0 Å². The van der Waals surface area contributed by atoms with Crippen molar-refractivity contribution < 1.29 is 14.4 Å². The number of fused-ring (bicyclic) bond motifs is 1. The highest BCUT2D eigenvalue weighted by Crippen LogP contribution is 2.41. The third-order valence-corrected chi connectivity index (χ3v) is 11.0. The molecule has 2 aromatic rings. The lowest BCUT2D eigenvalue weighted by molar-refractivity contribution is -0.135. The van der Waals surface area contributed by atoms with Crippen LogP contribution in [0.25, 0.3) is 10.9 Å². The molecule has 0 unspecified atom stereocenters. The van der Waals surface area contributed by atoms with Gasteiger partial charge in [0.05, 0.1) is 14.7 Å². The average molecular weight is 375 g/mol. The fraction of sp³-hybridized carbons (Fsp3) is 0.500. The van der Waals surface area contributed by atoms with Gasteiger partial charge in [-0.1, -0.05) is 46.0 Å². The van der Waals surface area contributed by atoms with Crippen molar-refractivity contribution in [3.05, 3.63) is 36.0 Å². The number of ketones is 1. The Labute approximate surface area is 156 Å². The number of hydroxylamine groups is 1.